The molecular formula is C20H21N7O2. The average molecular weight is 391 g/mol. The summed E-state index contributed by atoms with van der Waals surface area (Å²) in [6.07, 6.45) is 6.28. The Hall–Kier alpha value is -3.62. The van der Waals surface area contributed by atoms with Gasteiger partial charge < -0.3 is 9.80 Å². The molecule has 1 fully saturated rings. The summed E-state index contributed by atoms with van der Waals surface area (Å²) in [4.78, 5) is 45.9. The molecule has 1 aliphatic heterocycles. The number of aromatic nitrogens is 5. The Bertz CT molecular complexity index is 1070. The van der Waals surface area contributed by atoms with Crippen LogP contribution in [0.25, 0.3) is 11.4 Å². The largest absolute Gasteiger partial charge is 0.336 e. The van der Waals surface area contributed by atoms with Crippen LogP contribution in [0.3, 0.4) is 0 Å². The summed E-state index contributed by atoms with van der Waals surface area (Å²) in [5, 5.41) is 0. The molecule has 0 aliphatic carbocycles. The minimum absolute atomic E-state index is 0.00622. The van der Waals surface area contributed by atoms with E-state index in [0.29, 0.717) is 42.5 Å². The van der Waals surface area contributed by atoms with Gasteiger partial charge in [0.05, 0.1) is 11.4 Å². The van der Waals surface area contributed by atoms with E-state index in [9.17, 15) is 9.59 Å². The van der Waals surface area contributed by atoms with Crippen molar-refractivity contribution in [1.82, 2.24) is 29.4 Å². The van der Waals surface area contributed by atoms with Crippen LogP contribution in [0.15, 0.2) is 54.0 Å². The minimum Gasteiger partial charge on any atom is -0.336 e. The Kier molecular flexibility index (Phi) is 5.03. The van der Waals surface area contributed by atoms with Crippen LogP contribution in [0.5, 0.6) is 0 Å². The zero-order chi connectivity index (χ0) is 20.4. The molecule has 4 rings (SSSR count). The average Bonchev–Trinajstić information content (AvgIpc) is 2.76. The van der Waals surface area contributed by atoms with Crippen LogP contribution < -0.4 is 10.5 Å². The van der Waals surface area contributed by atoms with E-state index < -0.39 is 0 Å². The first-order valence-electron chi connectivity index (χ1n) is 9.35. The number of piperazine rings is 1. The zero-order valence-electron chi connectivity index (χ0n) is 16.3. The molecule has 1 saturated heterocycles. The van der Waals surface area contributed by atoms with Gasteiger partial charge in [0.15, 0.2) is 0 Å². The highest BCUT2D eigenvalue weighted by molar-refractivity contribution is 5.94. The molecule has 3 aromatic rings. The Morgan fingerprint density at radius 2 is 1.83 bits per heavy atom. The van der Waals surface area contributed by atoms with E-state index in [0.717, 1.165) is 0 Å². The molecule has 0 saturated carbocycles. The molecule has 9 nitrogen and oxygen atoms in total. The summed E-state index contributed by atoms with van der Waals surface area (Å²) in [6.45, 7) is 3.68. The van der Waals surface area contributed by atoms with Crippen LogP contribution in [-0.2, 0) is 7.05 Å². The van der Waals surface area contributed by atoms with E-state index in [1.165, 1.54) is 17.0 Å². The second-order valence-electron chi connectivity index (χ2n) is 6.96. The quantitative estimate of drug-likeness (QED) is 0.657. The number of rotatable bonds is 3. The van der Waals surface area contributed by atoms with E-state index in [2.05, 4.69) is 19.9 Å². The monoisotopic (exact) mass is 391 g/mol. The van der Waals surface area contributed by atoms with E-state index in [1.807, 2.05) is 11.8 Å². The number of hydrogen-bond acceptors (Lipinski definition) is 7. The van der Waals surface area contributed by atoms with Crippen molar-refractivity contribution >= 4 is 11.9 Å². The molecule has 9 heteroatoms. The van der Waals surface area contributed by atoms with E-state index >= 15 is 0 Å². The molecule has 1 atom stereocenters. The maximum absolute atomic E-state index is 12.7. The van der Waals surface area contributed by atoms with Crippen LogP contribution in [0.1, 0.15) is 17.3 Å². The Labute approximate surface area is 167 Å². The van der Waals surface area contributed by atoms with Gasteiger partial charge in [0.2, 0.25) is 5.95 Å². The molecule has 4 heterocycles. The van der Waals surface area contributed by atoms with Gasteiger partial charge in [-0.3, -0.25) is 19.1 Å². The standard InChI is InChI=1S/C20H21N7O2/c1-14-12-26(19(29)15-3-6-21-7-4-15)9-10-27(14)20-24-17(11-18(28)25(20)2)16-5-8-22-13-23-16/h3-8,11,13-14H,9-10,12H2,1-2H3/t14-/m1/s1. The molecule has 29 heavy (non-hydrogen) atoms. The maximum Gasteiger partial charge on any atom is 0.255 e. The molecule has 0 bridgehead atoms. The number of amides is 1. The summed E-state index contributed by atoms with van der Waals surface area (Å²) in [5.41, 5.74) is 1.56. The number of pyridine rings is 1. The minimum atomic E-state index is -0.161. The van der Waals surface area contributed by atoms with Crippen molar-refractivity contribution in [2.45, 2.75) is 13.0 Å². The molecule has 148 valence electrons. The first-order chi connectivity index (χ1) is 14.0. The van der Waals surface area contributed by atoms with Gasteiger partial charge in [-0.05, 0) is 25.1 Å². The first-order valence-corrected chi connectivity index (χ1v) is 9.35. The highest BCUT2D eigenvalue weighted by Crippen LogP contribution is 2.21. The normalized spacial score (nSPS) is 16.7. The third-order valence-electron chi connectivity index (χ3n) is 5.05. The van der Waals surface area contributed by atoms with Crippen LogP contribution in [-0.4, -0.2) is 61.0 Å². The smallest absolute Gasteiger partial charge is 0.255 e. The fourth-order valence-electron chi connectivity index (χ4n) is 3.47. The summed E-state index contributed by atoms with van der Waals surface area (Å²) in [5.74, 6) is 0.546. The molecule has 1 aliphatic rings. The van der Waals surface area contributed by atoms with Crippen molar-refractivity contribution in [3.05, 3.63) is 65.1 Å². The van der Waals surface area contributed by atoms with Crippen molar-refractivity contribution in [3.63, 3.8) is 0 Å². The third-order valence-corrected chi connectivity index (χ3v) is 5.05. The number of nitrogens with zero attached hydrogens (tertiary/aromatic N) is 7. The summed E-state index contributed by atoms with van der Waals surface area (Å²) in [6, 6.07) is 6.62. The Morgan fingerprint density at radius 1 is 1.07 bits per heavy atom. The van der Waals surface area contributed by atoms with Crippen molar-refractivity contribution in [1.29, 1.82) is 0 Å². The molecule has 0 aromatic carbocycles. The summed E-state index contributed by atoms with van der Waals surface area (Å²) < 4.78 is 1.53. The number of carbonyl (C=O) groups excluding carboxylic acids is 1. The lowest BCUT2D eigenvalue weighted by atomic mass is 10.1. The van der Waals surface area contributed by atoms with Gasteiger partial charge in [-0.1, -0.05) is 0 Å². The Balaban J connectivity index is 1.59. The predicted octanol–water partition coefficient (Wildman–Crippen LogP) is 0.983. The second kappa shape index (κ2) is 7.78. The molecular weight excluding hydrogens is 370 g/mol. The van der Waals surface area contributed by atoms with Crippen molar-refractivity contribution in [2.24, 2.45) is 7.05 Å². The SMILES string of the molecule is C[C@@H]1CN(C(=O)c2ccncc2)CCN1c1nc(-c2ccncn2)cc(=O)n1C. The van der Waals surface area contributed by atoms with Gasteiger partial charge in [0.1, 0.15) is 6.33 Å². The Morgan fingerprint density at radius 3 is 2.52 bits per heavy atom. The van der Waals surface area contributed by atoms with Crippen LogP contribution in [0.4, 0.5) is 5.95 Å². The topological polar surface area (TPSA) is 97.1 Å². The van der Waals surface area contributed by atoms with Crippen LogP contribution >= 0.6 is 0 Å². The fraction of sp³-hybridized carbons (Fsp3) is 0.300. The van der Waals surface area contributed by atoms with E-state index in [4.69, 9.17) is 4.98 Å². The van der Waals surface area contributed by atoms with Gasteiger partial charge >= 0.3 is 0 Å². The van der Waals surface area contributed by atoms with Crippen LogP contribution in [0, 0.1) is 0 Å². The first kappa shape index (κ1) is 18.7. The lowest BCUT2D eigenvalue weighted by Gasteiger charge is -2.40. The zero-order valence-corrected chi connectivity index (χ0v) is 16.3. The second-order valence-corrected chi connectivity index (χ2v) is 6.96. The molecule has 3 aromatic heterocycles. The van der Waals surface area contributed by atoms with Gasteiger partial charge in [0, 0.05) is 62.9 Å². The fourth-order valence-corrected chi connectivity index (χ4v) is 3.47. The molecule has 0 radical (unpaired) electrons. The van der Waals surface area contributed by atoms with E-state index in [1.54, 1.807) is 43.8 Å². The number of hydrogen-bond donors (Lipinski definition) is 0. The van der Waals surface area contributed by atoms with Crippen molar-refractivity contribution in [3.8, 4) is 11.4 Å². The van der Waals surface area contributed by atoms with Gasteiger partial charge in [-0.15, -0.1) is 0 Å². The summed E-state index contributed by atoms with van der Waals surface area (Å²) in [7, 11) is 1.70. The van der Waals surface area contributed by atoms with E-state index in [-0.39, 0.29) is 17.5 Å². The lowest BCUT2D eigenvalue weighted by Crippen LogP contribution is -2.55. The van der Waals surface area contributed by atoms with Gasteiger partial charge in [-0.2, -0.15) is 0 Å². The maximum atomic E-state index is 12.7. The van der Waals surface area contributed by atoms with Crippen molar-refractivity contribution < 1.29 is 4.79 Å². The van der Waals surface area contributed by atoms with Gasteiger partial charge in [0.25, 0.3) is 11.5 Å². The highest BCUT2D eigenvalue weighted by Gasteiger charge is 2.29. The molecule has 0 N–H and O–H groups in total. The van der Waals surface area contributed by atoms with Crippen molar-refractivity contribution in [2.75, 3.05) is 24.5 Å². The number of carbonyl (C=O) groups is 1. The van der Waals surface area contributed by atoms with Crippen LogP contribution in [0.2, 0.25) is 0 Å². The molecule has 0 spiro atoms. The third kappa shape index (κ3) is 3.71. The number of anilines is 1. The molecule has 1 amide bonds. The van der Waals surface area contributed by atoms with Gasteiger partial charge in [-0.25, -0.2) is 15.0 Å². The lowest BCUT2D eigenvalue weighted by molar-refractivity contribution is 0.0725. The molecule has 0 unspecified atom stereocenters. The summed E-state index contributed by atoms with van der Waals surface area (Å²) >= 11 is 0. The predicted molar refractivity (Wildman–Crippen MR) is 107 cm³/mol. The highest BCUT2D eigenvalue weighted by atomic mass is 16.2.